The van der Waals surface area contributed by atoms with Crippen LogP contribution in [0.25, 0.3) is 10.9 Å². The molecule has 1 aromatic heterocycles. The molecule has 1 saturated carbocycles. The second-order valence-corrected chi connectivity index (χ2v) is 9.15. The fourth-order valence-corrected chi connectivity index (χ4v) is 5.39. The highest BCUT2D eigenvalue weighted by atomic mass is 19.1. The Bertz CT molecular complexity index is 1070. The van der Waals surface area contributed by atoms with E-state index in [-0.39, 0.29) is 17.5 Å². The number of hydrogen-bond acceptors (Lipinski definition) is 5. The van der Waals surface area contributed by atoms with Crippen molar-refractivity contribution in [2.24, 2.45) is 23.5 Å². The van der Waals surface area contributed by atoms with Crippen molar-refractivity contribution in [3.63, 3.8) is 0 Å². The first-order chi connectivity index (χ1) is 13.6. The summed E-state index contributed by atoms with van der Waals surface area (Å²) in [5, 5.41) is 0.146. The second kappa shape index (κ2) is 6.86. The smallest absolute Gasteiger partial charge is 0.350 e. The Morgan fingerprint density at radius 2 is 1.86 bits per heavy atom. The van der Waals surface area contributed by atoms with E-state index in [0.717, 1.165) is 12.8 Å². The maximum Gasteiger partial charge on any atom is 0.350 e. The normalized spacial score (nSPS) is 25.2. The third-order valence-electron chi connectivity index (χ3n) is 6.65. The third kappa shape index (κ3) is 3.04. The molecule has 3 atom stereocenters. The lowest BCUT2D eigenvalue weighted by atomic mass is 9.76. The van der Waals surface area contributed by atoms with Crippen LogP contribution >= 0.6 is 0 Å². The van der Waals surface area contributed by atoms with Gasteiger partial charge in [0.05, 0.1) is 16.6 Å². The zero-order valence-corrected chi connectivity index (χ0v) is 17.5. The molecule has 1 aliphatic carbocycles. The largest absolute Gasteiger partial charge is 0.367 e. The Morgan fingerprint density at radius 1 is 1.21 bits per heavy atom. The molecule has 158 valence electrons. The van der Waals surface area contributed by atoms with E-state index in [9.17, 15) is 9.59 Å². The molecule has 2 fully saturated rings. The molecule has 7 nitrogen and oxygen atoms in total. The Labute approximate surface area is 169 Å². The van der Waals surface area contributed by atoms with Crippen molar-refractivity contribution in [3.8, 4) is 0 Å². The minimum absolute atomic E-state index is 0.00488. The van der Waals surface area contributed by atoms with Crippen LogP contribution in [0.5, 0.6) is 0 Å². The van der Waals surface area contributed by atoms with Gasteiger partial charge in [0.2, 0.25) is 0 Å². The summed E-state index contributed by atoms with van der Waals surface area (Å²) in [5.74, 6) is 6.34. The van der Waals surface area contributed by atoms with Crippen LogP contribution in [0.15, 0.2) is 15.7 Å². The molecule has 1 aliphatic heterocycles. The Kier molecular flexibility index (Phi) is 4.72. The van der Waals surface area contributed by atoms with Gasteiger partial charge in [0.15, 0.2) is 0 Å². The lowest BCUT2D eigenvalue weighted by molar-refractivity contribution is 0.197. The summed E-state index contributed by atoms with van der Waals surface area (Å²) >= 11 is 0. The van der Waals surface area contributed by atoms with Crippen LogP contribution in [0.4, 0.5) is 10.1 Å². The van der Waals surface area contributed by atoms with Crippen LogP contribution in [0.1, 0.15) is 45.2 Å². The lowest BCUT2D eigenvalue weighted by Crippen LogP contribution is -2.54. The zero-order valence-electron chi connectivity index (χ0n) is 17.5. The molecule has 2 heterocycles. The number of aryl methyl sites for hydroxylation is 1. The van der Waals surface area contributed by atoms with Crippen LogP contribution in [0.2, 0.25) is 0 Å². The molecule has 0 amide bonds. The molecule has 29 heavy (non-hydrogen) atoms. The predicted molar refractivity (Wildman–Crippen MR) is 113 cm³/mol. The molecule has 0 radical (unpaired) electrons. The van der Waals surface area contributed by atoms with E-state index in [0.29, 0.717) is 52.3 Å². The predicted octanol–water partition coefficient (Wildman–Crippen LogP) is 1.72. The summed E-state index contributed by atoms with van der Waals surface area (Å²) < 4.78 is 17.4. The SMILES string of the molecule is Cc1c(N2C[C@@H](N)[C@@H](C(C)C)[C@@H](C)C2)c(F)cc2c(=O)n(N)c(=O)n(C3CC3)c12. The van der Waals surface area contributed by atoms with Crippen molar-refractivity contribution in [2.75, 3.05) is 23.8 Å². The number of fused-ring (bicyclic) bond motifs is 1. The van der Waals surface area contributed by atoms with E-state index in [1.807, 2.05) is 4.90 Å². The van der Waals surface area contributed by atoms with Crippen molar-refractivity contribution in [2.45, 2.75) is 52.6 Å². The van der Waals surface area contributed by atoms with Gasteiger partial charge < -0.3 is 16.5 Å². The monoisotopic (exact) mass is 403 g/mol. The van der Waals surface area contributed by atoms with Gasteiger partial charge in [-0.25, -0.2) is 9.18 Å². The number of rotatable bonds is 3. The molecule has 4 rings (SSSR count). The Hall–Kier alpha value is -2.35. The minimum atomic E-state index is -0.668. The molecule has 8 heteroatoms. The number of nitrogens with two attached hydrogens (primary N) is 2. The number of nitrogens with zero attached hydrogens (tertiary/aromatic N) is 3. The highest BCUT2D eigenvalue weighted by Gasteiger charge is 2.37. The van der Waals surface area contributed by atoms with Crippen molar-refractivity contribution in [1.29, 1.82) is 0 Å². The first-order valence-corrected chi connectivity index (χ1v) is 10.4. The summed E-state index contributed by atoms with van der Waals surface area (Å²) in [4.78, 5) is 27.3. The van der Waals surface area contributed by atoms with Gasteiger partial charge in [-0.05, 0) is 43.6 Å². The van der Waals surface area contributed by atoms with Gasteiger partial charge >= 0.3 is 5.69 Å². The van der Waals surface area contributed by atoms with Gasteiger partial charge in [0.1, 0.15) is 5.82 Å². The molecular formula is C21H30FN5O2. The van der Waals surface area contributed by atoms with E-state index in [1.54, 1.807) is 11.5 Å². The third-order valence-corrected chi connectivity index (χ3v) is 6.65. The first-order valence-electron chi connectivity index (χ1n) is 10.4. The fraction of sp³-hybridized carbons (Fsp3) is 0.619. The van der Waals surface area contributed by atoms with Crippen molar-refractivity contribution < 1.29 is 4.39 Å². The van der Waals surface area contributed by atoms with Crippen LogP contribution in [0.3, 0.4) is 0 Å². The summed E-state index contributed by atoms with van der Waals surface area (Å²) in [6.45, 7) is 9.50. The quantitative estimate of drug-likeness (QED) is 0.760. The van der Waals surface area contributed by atoms with Crippen LogP contribution < -0.4 is 27.7 Å². The number of benzene rings is 1. The van der Waals surface area contributed by atoms with Crippen molar-refractivity contribution in [3.05, 3.63) is 38.3 Å². The van der Waals surface area contributed by atoms with E-state index < -0.39 is 17.1 Å². The van der Waals surface area contributed by atoms with Gasteiger partial charge in [-0.2, -0.15) is 4.68 Å². The molecule has 0 bridgehead atoms. The molecule has 2 aromatic rings. The van der Waals surface area contributed by atoms with Gasteiger partial charge in [-0.15, -0.1) is 0 Å². The Balaban J connectivity index is 1.91. The van der Waals surface area contributed by atoms with Crippen LogP contribution in [0, 0.1) is 30.5 Å². The van der Waals surface area contributed by atoms with Gasteiger partial charge in [-0.3, -0.25) is 9.36 Å². The number of nitrogen functional groups attached to an aromatic ring is 1. The highest BCUT2D eigenvalue weighted by molar-refractivity contribution is 5.87. The van der Waals surface area contributed by atoms with Crippen molar-refractivity contribution in [1.82, 2.24) is 9.24 Å². The number of hydrogen-bond donors (Lipinski definition) is 2. The second-order valence-electron chi connectivity index (χ2n) is 9.15. The summed E-state index contributed by atoms with van der Waals surface area (Å²) in [7, 11) is 0. The first kappa shape index (κ1) is 19.9. The van der Waals surface area contributed by atoms with E-state index in [4.69, 9.17) is 11.6 Å². The molecular weight excluding hydrogens is 373 g/mol. The van der Waals surface area contributed by atoms with Gasteiger partial charge in [-0.1, -0.05) is 20.8 Å². The summed E-state index contributed by atoms with van der Waals surface area (Å²) in [6, 6.07) is 1.16. The topological polar surface area (TPSA) is 99.3 Å². The summed E-state index contributed by atoms with van der Waals surface area (Å²) in [6.07, 6.45) is 1.70. The van der Waals surface area contributed by atoms with E-state index in [1.165, 1.54) is 6.07 Å². The van der Waals surface area contributed by atoms with E-state index in [2.05, 4.69) is 20.8 Å². The molecule has 1 saturated heterocycles. The maximum absolute atomic E-state index is 15.3. The molecule has 0 spiro atoms. The maximum atomic E-state index is 15.3. The van der Waals surface area contributed by atoms with Crippen LogP contribution in [-0.2, 0) is 0 Å². The van der Waals surface area contributed by atoms with Crippen LogP contribution in [-0.4, -0.2) is 28.4 Å². The van der Waals surface area contributed by atoms with Crippen molar-refractivity contribution >= 4 is 16.6 Å². The number of anilines is 1. The van der Waals surface area contributed by atoms with Gasteiger partial charge in [0.25, 0.3) is 5.56 Å². The summed E-state index contributed by atoms with van der Waals surface area (Å²) in [5.41, 5.74) is 6.79. The molecule has 0 unspecified atom stereocenters. The number of halogens is 1. The number of aromatic nitrogens is 2. The lowest BCUT2D eigenvalue weighted by Gasteiger charge is -2.44. The highest BCUT2D eigenvalue weighted by Crippen LogP contribution is 2.40. The molecule has 1 aromatic carbocycles. The fourth-order valence-electron chi connectivity index (χ4n) is 5.39. The van der Waals surface area contributed by atoms with Gasteiger partial charge in [0, 0.05) is 30.7 Å². The minimum Gasteiger partial charge on any atom is -0.367 e. The van der Waals surface area contributed by atoms with E-state index >= 15 is 4.39 Å². The average molecular weight is 404 g/mol. The molecule has 2 aliphatic rings. The Morgan fingerprint density at radius 3 is 2.41 bits per heavy atom. The number of piperidine rings is 1. The zero-order chi connectivity index (χ0) is 21.2. The standard InChI is InChI=1S/C21H30FN5O2/c1-10(2)17-11(3)8-25(9-16(17)23)19-12(4)18-14(7-15(19)22)20(28)27(24)21(29)26(18)13-5-6-13/h7,10-11,13,16-17H,5-6,8-9,23-24H2,1-4H3/t11-,16+,17-/m0/s1. The molecule has 4 N–H and O–H groups in total. The average Bonchev–Trinajstić information content (AvgIpc) is 3.45.